The zero-order chi connectivity index (χ0) is 26.6. The molecule has 0 N–H and O–H groups in total. The summed E-state index contributed by atoms with van der Waals surface area (Å²) < 4.78 is 42.4. The van der Waals surface area contributed by atoms with Crippen LogP contribution in [0.5, 0.6) is 5.75 Å². The summed E-state index contributed by atoms with van der Waals surface area (Å²) in [5.74, 6) is 0.954. The van der Waals surface area contributed by atoms with Gasteiger partial charge in [0.1, 0.15) is 18.5 Å². The lowest BCUT2D eigenvalue weighted by molar-refractivity contribution is 0.230. The van der Waals surface area contributed by atoms with Gasteiger partial charge in [-0.1, -0.05) is 78.9 Å². The lowest BCUT2D eigenvalue weighted by Crippen LogP contribution is -2.51. The average Bonchev–Trinajstić information content (AvgIpc) is 3.80. The fraction of sp³-hybridized carbons (Fsp3) is 0.333. The molecule has 0 amide bonds. The van der Waals surface area contributed by atoms with Crippen LogP contribution in [0.1, 0.15) is 12.0 Å². The molecule has 38 heavy (non-hydrogen) atoms. The largest absolute Gasteiger partial charge is 0.491 e. The van der Waals surface area contributed by atoms with Gasteiger partial charge in [-0.25, -0.2) is 0 Å². The third-order valence-electron chi connectivity index (χ3n) is 6.23. The number of rotatable bonds is 17. The summed E-state index contributed by atoms with van der Waals surface area (Å²) >= 11 is 0. The van der Waals surface area contributed by atoms with E-state index in [0.717, 1.165) is 41.6 Å². The Morgan fingerprint density at radius 3 is 2.03 bits per heavy atom. The Morgan fingerprint density at radius 2 is 1.39 bits per heavy atom. The molecule has 4 rings (SSSR count). The van der Waals surface area contributed by atoms with Crippen LogP contribution >= 0.6 is 0 Å². The highest BCUT2D eigenvalue weighted by atomic mass is 28.4. The third-order valence-corrected chi connectivity index (χ3v) is 16.7. The standard InChI is InChI=1S/C27H38O7Si4/c1-28-36(25-15-6-4-7-16-25)33-37(26-17-8-5-9-18-26)34-38(29-2)32-35(3)20-12-14-23-13-10-11-19-27(23)31-22-24-21-30-24/h4-11,13,15-19,24,35-38H,12,14,20-22H2,1-3H3. The van der Waals surface area contributed by atoms with E-state index in [4.69, 9.17) is 30.7 Å². The van der Waals surface area contributed by atoms with E-state index < -0.39 is 37.1 Å². The molecule has 1 heterocycles. The zero-order valence-corrected chi connectivity index (χ0v) is 27.0. The topological polar surface area (TPSA) is 67.9 Å². The highest BCUT2D eigenvalue weighted by Gasteiger charge is 2.30. The van der Waals surface area contributed by atoms with Gasteiger partial charge in [0, 0.05) is 14.2 Å². The molecule has 3 aromatic rings. The Kier molecular flexibility index (Phi) is 12.0. The van der Waals surface area contributed by atoms with E-state index in [9.17, 15) is 0 Å². The van der Waals surface area contributed by atoms with Gasteiger partial charge in [0.15, 0.2) is 9.04 Å². The normalized spacial score (nSPS) is 17.9. The Balaban J connectivity index is 1.32. The van der Waals surface area contributed by atoms with E-state index in [-0.39, 0.29) is 6.10 Å². The van der Waals surface area contributed by atoms with Crippen molar-refractivity contribution in [3.63, 3.8) is 0 Å². The van der Waals surface area contributed by atoms with Gasteiger partial charge in [0.2, 0.25) is 0 Å². The Bertz CT molecular complexity index is 1080. The summed E-state index contributed by atoms with van der Waals surface area (Å²) in [4.78, 5) is 0. The van der Waals surface area contributed by atoms with Gasteiger partial charge in [0.05, 0.1) is 6.61 Å². The van der Waals surface area contributed by atoms with E-state index in [2.05, 4.69) is 42.9 Å². The summed E-state index contributed by atoms with van der Waals surface area (Å²) in [6.07, 6.45) is 2.23. The van der Waals surface area contributed by atoms with Gasteiger partial charge in [-0.15, -0.1) is 0 Å². The second kappa shape index (κ2) is 15.6. The molecule has 5 unspecified atom stereocenters. The molecule has 5 atom stereocenters. The predicted molar refractivity (Wildman–Crippen MR) is 159 cm³/mol. The molecule has 0 aliphatic carbocycles. The maximum atomic E-state index is 6.58. The first kappa shape index (κ1) is 29.1. The van der Waals surface area contributed by atoms with E-state index in [1.54, 1.807) is 14.2 Å². The molecule has 1 aliphatic heterocycles. The minimum Gasteiger partial charge on any atom is -0.491 e. The van der Waals surface area contributed by atoms with Crippen molar-refractivity contribution in [2.75, 3.05) is 27.4 Å². The zero-order valence-electron chi connectivity index (χ0n) is 22.4. The molecule has 3 aromatic carbocycles. The lowest BCUT2D eigenvalue weighted by Gasteiger charge is -2.27. The number of para-hydroxylation sites is 1. The van der Waals surface area contributed by atoms with Crippen LogP contribution in [0.2, 0.25) is 12.6 Å². The van der Waals surface area contributed by atoms with Gasteiger partial charge in [-0.2, -0.15) is 0 Å². The Morgan fingerprint density at radius 1 is 0.763 bits per heavy atom. The molecule has 0 radical (unpaired) electrons. The second-order valence-electron chi connectivity index (χ2n) is 9.23. The van der Waals surface area contributed by atoms with Crippen molar-refractivity contribution in [1.82, 2.24) is 0 Å². The third kappa shape index (κ3) is 9.38. The van der Waals surface area contributed by atoms with Crippen molar-refractivity contribution in [3.8, 4) is 5.75 Å². The van der Waals surface area contributed by atoms with E-state index >= 15 is 0 Å². The molecule has 0 bridgehead atoms. The molecule has 7 nitrogen and oxygen atoms in total. The van der Waals surface area contributed by atoms with Crippen LogP contribution in [-0.4, -0.2) is 70.7 Å². The first-order chi connectivity index (χ1) is 18.7. The summed E-state index contributed by atoms with van der Waals surface area (Å²) in [5, 5.41) is 2.14. The van der Waals surface area contributed by atoms with Crippen LogP contribution in [0.15, 0.2) is 84.9 Å². The molecule has 1 fully saturated rings. The van der Waals surface area contributed by atoms with Crippen molar-refractivity contribution in [2.45, 2.75) is 31.5 Å². The highest BCUT2D eigenvalue weighted by molar-refractivity contribution is 6.77. The van der Waals surface area contributed by atoms with Crippen molar-refractivity contribution in [2.24, 2.45) is 0 Å². The van der Waals surface area contributed by atoms with Crippen LogP contribution in [0.25, 0.3) is 0 Å². The summed E-state index contributed by atoms with van der Waals surface area (Å²) in [5.41, 5.74) is 1.23. The number of ether oxygens (including phenoxy) is 2. The van der Waals surface area contributed by atoms with Crippen LogP contribution < -0.4 is 15.1 Å². The Hall–Kier alpha value is -1.91. The molecule has 204 valence electrons. The van der Waals surface area contributed by atoms with Gasteiger partial charge in [-0.3, -0.25) is 0 Å². The van der Waals surface area contributed by atoms with E-state index in [1.165, 1.54) is 5.56 Å². The van der Waals surface area contributed by atoms with Crippen molar-refractivity contribution in [3.05, 3.63) is 90.5 Å². The maximum absolute atomic E-state index is 6.58. The number of aryl methyl sites for hydroxylation is 1. The summed E-state index contributed by atoms with van der Waals surface area (Å²) in [6, 6.07) is 29.5. The summed E-state index contributed by atoms with van der Waals surface area (Å²) in [7, 11) is -4.96. The van der Waals surface area contributed by atoms with Gasteiger partial charge in [-0.05, 0) is 47.4 Å². The van der Waals surface area contributed by atoms with Crippen molar-refractivity contribution in [1.29, 1.82) is 0 Å². The first-order valence-electron chi connectivity index (χ1n) is 13.1. The second-order valence-corrected chi connectivity index (χ2v) is 18.9. The van der Waals surface area contributed by atoms with Gasteiger partial charge in [0.25, 0.3) is 0 Å². The van der Waals surface area contributed by atoms with Gasteiger partial charge >= 0.3 is 28.1 Å². The van der Waals surface area contributed by atoms with E-state index in [0.29, 0.717) is 6.61 Å². The molecule has 0 saturated carbocycles. The molecule has 1 saturated heterocycles. The first-order valence-corrected chi connectivity index (χ1v) is 20.0. The van der Waals surface area contributed by atoms with Crippen LogP contribution in [-0.2, 0) is 32.4 Å². The molecule has 1 aliphatic rings. The molecule has 11 heteroatoms. The van der Waals surface area contributed by atoms with Crippen LogP contribution in [0, 0.1) is 0 Å². The minimum absolute atomic E-state index is 0.251. The lowest BCUT2D eigenvalue weighted by atomic mass is 10.1. The van der Waals surface area contributed by atoms with Crippen molar-refractivity contribution < 1.29 is 30.7 Å². The predicted octanol–water partition coefficient (Wildman–Crippen LogP) is 2.07. The average molecular weight is 587 g/mol. The quantitative estimate of drug-likeness (QED) is 0.177. The van der Waals surface area contributed by atoms with Gasteiger partial charge < -0.3 is 30.7 Å². The fourth-order valence-corrected chi connectivity index (χ4v) is 14.9. The van der Waals surface area contributed by atoms with Crippen molar-refractivity contribution >= 4 is 47.5 Å². The number of benzene rings is 3. The van der Waals surface area contributed by atoms with Crippen LogP contribution in [0.4, 0.5) is 0 Å². The molecule has 0 spiro atoms. The molecular formula is C27H38O7Si4. The maximum Gasteiger partial charge on any atom is 0.464 e. The summed E-state index contributed by atoms with van der Waals surface area (Å²) in [6.45, 7) is 3.63. The minimum atomic E-state index is -2.38. The monoisotopic (exact) mass is 586 g/mol. The number of hydrogen-bond acceptors (Lipinski definition) is 7. The van der Waals surface area contributed by atoms with E-state index in [1.807, 2.05) is 48.5 Å². The number of epoxide rings is 1. The fourth-order valence-electron chi connectivity index (χ4n) is 4.07. The smallest absolute Gasteiger partial charge is 0.464 e. The molecule has 0 aromatic heterocycles. The number of hydrogen-bond donors (Lipinski definition) is 0. The highest BCUT2D eigenvalue weighted by Crippen LogP contribution is 2.22. The molecular weight excluding hydrogens is 549 g/mol. The Labute approximate surface area is 233 Å². The van der Waals surface area contributed by atoms with Crippen LogP contribution in [0.3, 0.4) is 0 Å². The SMILES string of the molecule is CO[SiH](O[SiH](C)CCCc1ccccc1OCC1CO1)O[SiH](O[SiH](OC)c1ccccc1)c1ccccc1.